The number of sulfonamides is 1. The molecular formula is C18H21N5O4S. The third-order valence-corrected chi connectivity index (χ3v) is 5.55. The molecule has 3 rings (SSSR count). The van der Waals surface area contributed by atoms with E-state index in [9.17, 15) is 13.2 Å². The highest BCUT2D eigenvalue weighted by Crippen LogP contribution is 2.22. The van der Waals surface area contributed by atoms with Crippen LogP contribution in [0, 0.1) is 13.8 Å². The van der Waals surface area contributed by atoms with Crippen LogP contribution in [0.1, 0.15) is 11.4 Å². The fourth-order valence-corrected chi connectivity index (χ4v) is 3.97. The summed E-state index contributed by atoms with van der Waals surface area (Å²) in [5.41, 5.74) is 1.38. The van der Waals surface area contributed by atoms with E-state index >= 15 is 0 Å². The van der Waals surface area contributed by atoms with Gasteiger partial charge in [-0.1, -0.05) is 12.1 Å². The maximum absolute atomic E-state index is 12.5. The first-order valence-electron chi connectivity index (χ1n) is 8.56. The number of para-hydroxylation sites is 1. The van der Waals surface area contributed by atoms with Crippen LogP contribution >= 0.6 is 0 Å². The number of nitrogens with one attached hydrogen (secondary N) is 1. The van der Waals surface area contributed by atoms with Crippen LogP contribution < -0.4 is 15.0 Å². The average Bonchev–Trinajstić information content (AvgIpc) is 3.01. The third kappa shape index (κ3) is 4.12. The van der Waals surface area contributed by atoms with E-state index in [4.69, 9.17) is 4.74 Å². The van der Waals surface area contributed by atoms with Crippen LogP contribution in [-0.2, 0) is 16.6 Å². The lowest BCUT2D eigenvalue weighted by atomic mass is 10.3. The van der Waals surface area contributed by atoms with Crippen molar-refractivity contribution >= 4 is 10.0 Å². The van der Waals surface area contributed by atoms with Crippen LogP contribution in [0.25, 0.3) is 5.82 Å². The standard InChI is InChI=1S/C18H21N5O4S/c1-13-12-14(2)23(20-13)17-8-9-18(24)22(21-17)11-10-19-28(25,26)16-7-5-4-6-15(16)27-3/h4-9,12,19H,10-11H2,1-3H3. The summed E-state index contributed by atoms with van der Waals surface area (Å²) < 4.78 is 35.4. The van der Waals surface area contributed by atoms with E-state index < -0.39 is 10.0 Å². The fraction of sp³-hybridized carbons (Fsp3) is 0.278. The Labute approximate surface area is 162 Å². The zero-order chi connectivity index (χ0) is 20.3. The molecule has 28 heavy (non-hydrogen) atoms. The number of ether oxygens (including phenoxy) is 1. The third-order valence-electron chi connectivity index (χ3n) is 4.05. The van der Waals surface area contributed by atoms with Gasteiger partial charge < -0.3 is 4.74 Å². The SMILES string of the molecule is COc1ccccc1S(=O)(=O)NCCn1nc(-n2nc(C)cc2C)ccc1=O. The van der Waals surface area contributed by atoms with Crippen molar-refractivity contribution in [3.63, 3.8) is 0 Å². The quantitative estimate of drug-likeness (QED) is 0.631. The molecule has 1 aromatic carbocycles. The van der Waals surface area contributed by atoms with Gasteiger partial charge in [0.25, 0.3) is 5.56 Å². The molecule has 0 saturated heterocycles. The summed E-state index contributed by atoms with van der Waals surface area (Å²) >= 11 is 0. The van der Waals surface area contributed by atoms with Crippen LogP contribution in [0.2, 0.25) is 0 Å². The minimum atomic E-state index is -3.79. The molecule has 1 N–H and O–H groups in total. The average molecular weight is 403 g/mol. The number of hydrogen-bond donors (Lipinski definition) is 1. The monoisotopic (exact) mass is 403 g/mol. The molecule has 0 amide bonds. The van der Waals surface area contributed by atoms with E-state index in [-0.39, 0.29) is 29.3 Å². The number of rotatable bonds is 7. The molecule has 0 aliphatic heterocycles. The largest absolute Gasteiger partial charge is 0.495 e. The van der Waals surface area contributed by atoms with E-state index in [1.807, 2.05) is 19.9 Å². The first-order valence-corrected chi connectivity index (χ1v) is 10.0. The van der Waals surface area contributed by atoms with Crippen molar-refractivity contribution in [1.82, 2.24) is 24.3 Å². The van der Waals surface area contributed by atoms with Crippen molar-refractivity contribution < 1.29 is 13.2 Å². The number of methoxy groups -OCH3 is 1. The van der Waals surface area contributed by atoms with Crippen LogP contribution in [0.15, 0.2) is 52.2 Å². The summed E-state index contributed by atoms with van der Waals surface area (Å²) in [5.74, 6) is 0.731. The van der Waals surface area contributed by atoms with Crippen LogP contribution in [0.5, 0.6) is 5.75 Å². The van der Waals surface area contributed by atoms with Crippen LogP contribution in [0.4, 0.5) is 0 Å². The minimum Gasteiger partial charge on any atom is -0.495 e. The number of hydrogen-bond acceptors (Lipinski definition) is 6. The molecule has 0 aliphatic carbocycles. The van der Waals surface area contributed by atoms with Crippen molar-refractivity contribution in [1.29, 1.82) is 0 Å². The minimum absolute atomic E-state index is 0.00609. The highest BCUT2D eigenvalue weighted by atomic mass is 32.2. The molecule has 9 nitrogen and oxygen atoms in total. The molecule has 0 atom stereocenters. The van der Waals surface area contributed by atoms with Crippen molar-refractivity contribution in [3.05, 3.63) is 64.2 Å². The van der Waals surface area contributed by atoms with E-state index in [1.54, 1.807) is 28.9 Å². The molecule has 3 aromatic rings. The Bertz CT molecular complexity index is 1150. The van der Waals surface area contributed by atoms with Gasteiger partial charge in [0.1, 0.15) is 10.6 Å². The molecule has 0 aliphatic rings. The number of aryl methyl sites for hydroxylation is 2. The second-order valence-corrected chi connectivity index (χ2v) is 7.88. The molecule has 0 saturated carbocycles. The summed E-state index contributed by atoms with van der Waals surface area (Å²) in [6.07, 6.45) is 0. The normalized spacial score (nSPS) is 11.5. The van der Waals surface area contributed by atoms with Gasteiger partial charge in [0.15, 0.2) is 5.82 Å². The molecule has 0 unspecified atom stereocenters. The lowest BCUT2D eigenvalue weighted by Gasteiger charge is -2.11. The summed E-state index contributed by atoms with van der Waals surface area (Å²) in [7, 11) is -2.38. The van der Waals surface area contributed by atoms with Gasteiger partial charge >= 0.3 is 0 Å². The Hall–Kier alpha value is -2.98. The van der Waals surface area contributed by atoms with Gasteiger partial charge in [0, 0.05) is 18.3 Å². The first kappa shape index (κ1) is 19.8. The second-order valence-electron chi connectivity index (χ2n) is 6.14. The van der Waals surface area contributed by atoms with Crippen molar-refractivity contribution in [2.45, 2.75) is 25.3 Å². The van der Waals surface area contributed by atoms with Gasteiger partial charge in [0.05, 0.1) is 19.3 Å². The Morgan fingerprint density at radius 3 is 2.54 bits per heavy atom. The van der Waals surface area contributed by atoms with Gasteiger partial charge in [-0.15, -0.1) is 5.10 Å². The molecule has 0 bridgehead atoms. The van der Waals surface area contributed by atoms with Crippen molar-refractivity contribution in [2.24, 2.45) is 0 Å². The Kier molecular flexibility index (Phi) is 5.61. The number of nitrogens with zero attached hydrogens (tertiary/aromatic N) is 4. The Morgan fingerprint density at radius 1 is 1.11 bits per heavy atom. The maximum atomic E-state index is 12.5. The molecular weight excluding hydrogens is 382 g/mol. The molecule has 0 radical (unpaired) electrons. The van der Waals surface area contributed by atoms with Crippen LogP contribution in [0.3, 0.4) is 0 Å². The van der Waals surface area contributed by atoms with Gasteiger partial charge in [0.2, 0.25) is 10.0 Å². The Balaban J connectivity index is 1.77. The lowest BCUT2D eigenvalue weighted by molar-refractivity contribution is 0.402. The first-order chi connectivity index (χ1) is 13.3. The molecule has 10 heteroatoms. The highest BCUT2D eigenvalue weighted by molar-refractivity contribution is 7.89. The zero-order valence-electron chi connectivity index (χ0n) is 15.8. The number of benzene rings is 1. The Morgan fingerprint density at radius 2 is 1.86 bits per heavy atom. The smallest absolute Gasteiger partial charge is 0.266 e. The van der Waals surface area contributed by atoms with E-state index in [0.29, 0.717) is 5.82 Å². The zero-order valence-corrected chi connectivity index (χ0v) is 16.6. The number of aromatic nitrogens is 4. The predicted molar refractivity (Wildman–Crippen MR) is 103 cm³/mol. The summed E-state index contributed by atoms with van der Waals surface area (Å²) in [4.78, 5) is 12.1. The molecule has 2 aromatic heterocycles. The highest BCUT2D eigenvalue weighted by Gasteiger charge is 2.18. The molecule has 148 valence electrons. The molecule has 0 spiro atoms. The van der Waals surface area contributed by atoms with E-state index in [0.717, 1.165) is 11.4 Å². The van der Waals surface area contributed by atoms with Crippen molar-refractivity contribution in [3.8, 4) is 11.6 Å². The summed E-state index contributed by atoms with van der Waals surface area (Å²) in [6, 6.07) is 11.2. The second kappa shape index (κ2) is 7.95. The predicted octanol–water partition coefficient (Wildman–Crippen LogP) is 1.03. The molecule has 0 fully saturated rings. The van der Waals surface area contributed by atoms with Gasteiger partial charge in [-0.3, -0.25) is 4.79 Å². The summed E-state index contributed by atoms with van der Waals surface area (Å²) in [6.45, 7) is 3.82. The van der Waals surface area contributed by atoms with Crippen LogP contribution in [-0.4, -0.2) is 41.6 Å². The van der Waals surface area contributed by atoms with E-state index in [2.05, 4.69) is 14.9 Å². The lowest BCUT2D eigenvalue weighted by Crippen LogP contribution is -2.32. The van der Waals surface area contributed by atoms with Crippen molar-refractivity contribution in [2.75, 3.05) is 13.7 Å². The topological polar surface area (TPSA) is 108 Å². The van der Waals surface area contributed by atoms with Gasteiger partial charge in [-0.2, -0.15) is 5.10 Å². The fourth-order valence-electron chi connectivity index (χ4n) is 2.78. The molecule has 2 heterocycles. The van der Waals surface area contributed by atoms with E-state index in [1.165, 1.54) is 23.9 Å². The van der Waals surface area contributed by atoms with Gasteiger partial charge in [-0.05, 0) is 38.1 Å². The maximum Gasteiger partial charge on any atom is 0.266 e. The summed E-state index contributed by atoms with van der Waals surface area (Å²) in [5, 5.41) is 8.63. The van der Waals surface area contributed by atoms with Gasteiger partial charge in [-0.25, -0.2) is 22.5 Å².